The first-order valence-corrected chi connectivity index (χ1v) is 5.58. The minimum atomic E-state index is 0.145. The number of hydrogen-bond acceptors (Lipinski definition) is 4. The van der Waals surface area contributed by atoms with E-state index in [4.69, 9.17) is 10.5 Å². The van der Waals surface area contributed by atoms with Crippen molar-refractivity contribution in [2.24, 2.45) is 5.73 Å². The van der Waals surface area contributed by atoms with Crippen LogP contribution in [0.1, 0.15) is 5.69 Å². The number of pyridine rings is 1. The molecule has 4 heteroatoms. The lowest BCUT2D eigenvalue weighted by atomic mass is 10.1. The summed E-state index contributed by atoms with van der Waals surface area (Å²) in [5.74, 6) is 0.833. The minimum Gasteiger partial charge on any atom is -0.497 e. The third-order valence-electron chi connectivity index (χ3n) is 2.92. The Morgan fingerprint density at radius 3 is 2.88 bits per heavy atom. The predicted molar refractivity (Wildman–Crippen MR) is 67.9 cm³/mol. The maximum atomic E-state index is 5.76. The monoisotopic (exact) mass is 231 g/mol. The smallest absolute Gasteiger partial charge is 0.119 e. The van der Waals surface area contributed by atoms with Gasteiger partial charge in [0.1, 0.15) is 5.76 Å². The Morgan fingerprint density at radius 1 is 1.47 bits per heavy atom. The van der Waals surface area contributed by atoms with Gasteiger partial charge in [-0.1, -0.05) is 6.07 Å². The van der Waals surface area contributed by atoms with Crippen LogP contribution < -0.4 is 5.73 Å². The molecule has 4 nitrogen and oxygen atoms in total. The summed E-state index contributed by atoms with van der Waals surface area (Å²) in [5.41, 5.74) is 7.72. The average Bonchev–Trinajstić information content (AvgIpc) is 2.40. The molecule has 0 amide bonds. The largest absolute Gasteiger partial charge is 0.497 e. The Balaban J connectivity index is 2.38. The van der Waals surface area contributed by atoms with Crippen LogP contribution in [0.15, 0.2) is 42.3 Å². The first kappa shape index (κ1) is 11.7. The van der Waals surface area contributed by atoms with E-state index in [9.17, 15) is 0 Å². The Bertz CT molecular complexity index is 439. The predicted octanol–water partition coefficient (Wildman–Crippen LogP) is 1.23. The number of allylic oxidation sites excluding steroid dienone is 1. The molecule has 0 saturated carbocycles. The number of likely N-dealkylation sites (N-methyl/N-ethyl adjacent to an activating group) is 1. The van der Waals surface area contributed by atoms with Gasteiger partial charge in [-0.2, -0.15) is 0 Å². The van der Waals surface area contributed by atoms with Crippen molar-refractivity contribution in [1.29, 1.82) is 0 Å². The molecule has 0 saturated heterocycles. The molecule has 1 aromatic rings. The van der Waals surface area contributed by atoms with Gasteiger partial charge in [0.05, 0.1) is 24.5 Å². The standard InChI is InChI=1S/C13H17N3O/c1-16-10(9-14)7-11(17-2)8-13(16)12-5-3-4-6-15-12/h3-8,10H,9,14H2,1-2H3. The van der Waals surface area contributed by atoms with Crippen LogP contribution in [0.5, 0.6) is 0 Å². The number of nitrogens with zero attached hydrogens (tertiary/aromatic N) is 2. The maximum absolute atomic E-state index is 5.76. The first-order valence-electron chi connectivity index (χ1n) is 5.58. The van der Waals surface area contributed by atoms with E-state index >= 15 is 0 Å². The fourth-order valence-corrected chi connectivity index (χ4v) is 1.89. The summed E-state index contributed by atoms with van der Waals surface area (Å²) >= 11 is 0. The minimum absolute atomic E-state index is 0.145. The topological polar surface area (TPSA) is 51.4 Å². The number of aromatic nitrogens is 1. The molecular formula is C13H17N3O. The molecule has 1 aliphatic heterocycles. The van der Waals surface area contributed by atoms with Crippen LogP contribution in [0, 0.1) is 0 Å². The second-order valence-corrected chi connectivity index (χ2v) is 3.93. The first-order chi connectivity index (χ1) is 8.26. The molecule has 90 valence electrons. The zero-order chi connectivity index (χ0) is 12.3. The van der Waals surface area contributed by atoms with Gasteiger partial charge in [0.25, 0.3) is 0 Å². The molecule has 1 atom stereocenters. The van der Waals surface area contributed by atoms with Gasteiger partial charge >= 0.3 is 0 Å². The fraction of sp³-hybridized carbons (Fsp3) is 0.308. The van der Waals surface area contributed by atoms with Crippen LogP contribution in [-0.4, -0.2) is 36.6 Å². The summed E-state index contributed by atoms with van der Waals surface area (Å²) in [4.78, 5) is 6.47. The van der Waals surface area contributed by atoms with Crippen LogP contribution in [0.2, 0.25) is 0 Å². The van der Waals surface area contributed by atoms with Crippen molar-refractivity contribution < 1.29 is 4.74 Å². The highest BCUT2D eigenvalue weighted by atomic mass is 16.5. The van der Waals surface area contributed by atoms with Crippen molar-refractivity contribution in [2.45, 2.75) is 6.04 Å². The third kappa shape index (κ3) is 2.31. The van der Waals surface area contributed by atoms with E-state index in [-0.39, 0.29) is 6.04 Å². The summed E-state index contributed by atoms with van der Waals surface area (Å²) in [6, 6.07) is 6.00. The molecule has 0 fully saturated rings. The molecule has 0 aliphatic carbocycles. The summed E-state index contributed by atoms with van der Waals surface area (Å²) < 4.78 is 5.30. The highest BCUT2D eigenvalue weighted by molar-refractivity contribution is 5.65. The quantitative estimate of drug-likeness (QED) is 0.850. The van der Waals surface area contributed by atoms with Crippen molar-refractivity contribution in [1.82, 2.24) is 9.88 Å². The van der Waals surface area contributed by atoms with E-state index in [1.165, 1.54) is 0 Å². The van der Waals surface area contributed by atoms with Gasteiger partial charge in [0, 0.05) is 25.9 Å². The molecule has 1 aliphatic rings. The maximum Gasteiger partial charge on any atom is 0.119 e. The Hall–Kier alpha value is -1.81. The van der Waals surface area contributed by atoms with E-state index in [1.807, 2.05) is 37.4 Å². The van der Waals surface area contributed by atoms with Crippen LogP contribution in [0.3, 0.4) is 0 Å². The summed E-state index contributed by atoms with van der Waals surface area (Å²) in [6.07, 6.45) is 5.78. The van der Waals surface area contributed by atoms with Gasteiger partial charge in [-0.25, -0.2) is 0 Å². The molecule has 0 aromatic carbocycles. The lowest BCUT2D eigenvalue weighted by Gasteiger charge is -2.32. The van der Waals surface area contributed by atoms with E-state index < -0.39 is 0 Å². The van der Waals surface area contributed by atoms with E-state index in [1.54, 1.807) is 13.3 Å². The molecule has 0 bridgehead atoms. The zero-order valence-electron chi connectivity index (χ0n) is 10.1. The molecule has 2 rings (SSSR count). The van der Waals surface area contributed by atoms with E-state index in [0.29, 0.717) is 6.54 Å². The number of methoxy groups -OCH3 is 1. The number of rotatable bonds is 3. The van der Waals surface area contributed by atoms with Crippen LogP contribution >= 0.6 is 0 Å². The Kier molecular flexibility index (Phi) is 3.44. The normalized spacial score (nSPS) is 19.7. The van der Waals surface area contributed by atoms with E-state index in [0.717, 1.165) is 17.2 Å². The van der Waals surface area contributed by atoms with Crippen molar-refractivity contribution in [3.63, 3.8) is 0 Å². The van der Waals surface area contributed by atoms with Crippen molar-refractivity contribution >= 4 is 5.70 Å². The molecule has 2 heterocycles. The summed E-state index contributed by atoms with van der Waals surface area (Å²) in [7, 11) is 3.68. The van der Waals surface area contributed by atoms with Crippen molar-refractivity contribution in [2.75, 3.05) is 20.7 Å². The van der Waals surface area contributed by atoms with Gasteiger partial charge in [-0.05, 0) is 18.2 Å². The third-order valence-corrected chi connectivity index (χ3v) is 2.92. The molecule has 17 heavy (non-hydrogen) atoms. The Labute approximate surface area is 101 Å². The fourth-order valence-electron chi connectivity index (χ4n) is 1.89. The van der Waals surface area contributed by atoms with E-state index in [2.05, 4.69) is 9.88 Å². The van der Waals surface area contributed by atoms with Gasteiger partial charge in [-0.3, -0.25) is 4.98 Å². The molecule has 2 N–H and O–H groups in total. The number of nitrogens with two attached hydrogens (primary N) is 1. The highest BCUT2D eigenvalue weighted by Crippen LogP contribution is 2.25. The average molecular weight is 231 g/mol. The SMILES string of the molecule is COC1=CC(CN)N(C)C(c2ccccn2)=C1. The van der Waals surface area contributed by atoms with Gasteiger partial charge in [0.2, 0.25) is 0 Å². The van der Waals surface area contributed by atoms with Gasteiger partial charge in [-0.15, -0.1) is 0 Å². The highest BCUT2D eigenvalue weighted by Gasteiger charge is 2.21. The Morgan fingerprint density at radius 2 is 2.29 bits per heavy atom. The lowest BCUT2D eigenvalue weighted by molar-refractivity contribution is 0.288. The molecule has 0 spiro atoms. The van der Waals surface area contributed by atoms with Crippen molar-refractivity contribution in [3.05, 3.63) is 48.0 Å². The lowest BCUT2D eigenvalue weighted by Crippen LogP contribution is -2.37. The molecule has 1 unspecified atom stereocenters. The molecular weight excluding hydrogens is 214 g/mol. The molecule has 0 radical (unpaired) electrons. The van der Waals surface area contributed by atoms with Gasteiger partial charge < -0.3 is 15.4 Å². The number of ether oxygens (including phenoxy) is 1. The van der Waals surface area contributed by atoms with Crippen molar-refractivity contribution in [3.8, 4) is 0 Å². The zero-order valence-corrected chi connectivity index (χ0v) is 10.1. The van der Waals surface area contributed by atoms with Crippen LogP contribution in [-0.2, 0) is 4.74 Å². The van der Waals surface area contributed by atoms with Crippen LogP contribution in [0.25, 0.3) is 5.70 Å². The van der Waals surface area contributed by atoms with Crippen LogP contribution in [0.4, 0.5) is 0 Å². The number of hydrogen-bond donors (Lipinski definition) is 1. The molecule has 1 aromatic heterocycles. The second kappa shape index (κ2) is 5.01. The summed E-state index contributed by atoms with van der Waals surface area (Å²) in [6.45, 7) is 0.549. The second-order valence-electron chi connectivity index (χ2n) is 3.93. The van der Waals surface area contributed by atoms with Gasteiger partial charge in [0.15, 0.2) is 0 Å². The summed E-state index contributed by atoms with van der Waals surface area (Å²) in [5, 5.41) is 0.